The molecule has 1 unspecified atom stereocenters. The van der Waals surface area contributed by atoms with Crippen LogP contribution in [0.3, 0.4) is 0 Å². The predicted molar refractivity (Wildman–Crippen MR) is 118 cm³/mol. The highest BCUT2D eigenvalue weighted by Crippen LogP contribution is 2.35. The van der Waals surface area contributed by atoms with E-state index in [1.165, 1.54) is 0 Å². The lowest BCUT2D eigenvalue weighted by Crippen LogP contribution is -2.48. The highest BCUT2D eigenvalue weighted by atomic mass is 35.5. The number of benzene rings is 1. The minimum Gasteiger partial charge on any atom is -0.496 e. The molecule has 3 aromatic rings. The van der Waals surface area contributed by atoms with E-state index in [0.29, 0.717) is 11.4 Å². The number of carbonyl (C=O) groups excluding carboxylic acids is 1. The Kier molecular flexibility index (Phi) is 6.25. The summed E-state index contributed by atoms with van der Waals surface area (Å²) in [5.41, 5.74) is 2.71. The zero-order chi connectivity index (χ0) is 21.1. The van der Waals surface area contributed by atoms with Crippen LogP contribution in [0.1, 0.15) is 30.5 Å². The number of aromatic nitrogens is 2. The maximum absolute atomic E-state index is 13.3. The van der Waals surface area contributed by atoms with Crippen molar-refractivity contribution < 1.29 is 9.53 Å². The van der Waals surface area contributed by atoms with Crippen LogP contribution in [-0.4, -0.2) is 64.9 Å². The maximum Gasteiger partial charge on any atom is 0.223 e. The molecule has 0 N–H and O–H groups in total. The quantitative estimate of drug-likeness (QED) is 0.603. The SMILES string of the molecule is CCN1CCN(C(=O)CC(c2ccccc2OC)c2cnc3ccc(Cl)cn23)CC1. The third-order valence-electron chi connectivity index (χ3n) is 5.92. The first-order valence-electron chi connectivity index (χ1n) is 10.4. The van der Waals surface area contributed by atoms with E-state index in [0.717, 1.165) is 55.4 Å². The van der Waals surface area contributed by atoms with Gasteiger partial charge in [-0.05, 0) is 24.7 Å². The summed E-state index contributed by atoms with van der Waals surface area (Å²) in [5.74, 6) is 0.730. The number of nitrogens with zero attached hydrogens (tertiary/aromatic N) is 4. The van der Waals surface area contributed by atoms with Gasteiger partial charge in [0.1, 0.15) is 11.4 Å². The predicted octanol–water partition coefficient (Wildman–Crippen LogP) is 3.68. The number of para-hydroxylation sites is 1. The van der Waals surface area contributed by atoms with Crippen molar-refractivity contribution >= 4 is 23.2 Å². The minimum absolute atomic E-state index is 0.152. The topological polar surface area (TPSA) is 50.1 Å². The van der Waals surface area contributed by atoms with Crippen LogP contribution < -0.4 is 4.74 Å². The molecule has 1 atom stereocenters. The second-order valence-corrected chi connectivity index (χ2v) is 8.01. The van der Waals surface area contributed by atoms with Crippen LogP contribution in [-0.2, 0) is 4.79 Å². The first-order chi connectivity index (χ1) is 14.6. The second kappa shape index (κ2) is 9.06. The number of carbonyl (C=O) groups is 1. The summed E-state index contributed by atoms with van der Waals surface area (Å²) >= 11 is 6.26. The van der Waals surface area contributed by atoms with Crippen LogP contribution in [0.5, 0.6) is 5.75 Å². The van der Waals surface area contributed by atoms with Gasteiger partial charge in [-0.15, -0.1) is 0 Å². The summed E-state index contributed by atoms with van der Waals surface area (Å²) in [5, 5.41) is 0.627. The number of piperazine rings is 1. The standard InChI is InChI=1S/C23H27ClN4O2/c1-3-26-10-12-27(13-11-26)23(29)14-19(18-6-4-5-7-21(18)30-2)20-15-25-22-9-8-17(24)16-28(20)22/h4-9,15-16,19H,3,10-14H2,1-2H3. The zero-order valence-corrected chi connectivity index (χ0v) is 18.2. The molecule has 1 fully saturated rings. The van der Waals surface area contributed by atoms with E-state index in [2.05, 4.69) is 16.8 Å². The van der Waals surface area contributed by atoms with Gasteiger partial charge in [0.05, 0.1) is 17.8 Å². The van der Waals surface area contributed by atoms with Gasteiger partial charge in [0.15, 0.2) is 0 Å². The average Bonchev–Trinajstić information content (AvgIpc) is 3.20. The molecule has 0 radical (unpaired) electrons. The van der Waals surface area contributed by atoms with E-state index in [1.807, 2.05) is 58.1 Å². The lowest BCUT2D eigenvalue weighted by Gasteiger charge is -2.35. The van der Waals surface area contributed by atoms with Crippen LogP contribution in [0.2, 0.25) is 5.02 Å². The van der Waals surface area contributed by atoms with Gasteiger partial charge in [-0.1, -0.05) is 36.7 Å². The summed E-state index contributed by atoms with van der Waals surface area (Å²) in [6.45, 7) is 6.56. The van der Waals surface area contributed by atoms with Crippen molar-refractivity contribution in [1.82, 2.24) is 19.2 Å². The lowest BCUT2D eigenvalue weighted by molar-refractivity contribution is -0.133. The number of ether oxygens (including phenoxy) is 1. The van der Waals surface area contributed by atoms with E-state index in [9.17, 15) is 4.79 Å². The van der Waals surface area contributed by atoms with Gasteiger partial charge in [-0.3, -0.25) is 4.79 Å². The molecule has 0 saturated carbocycles. The normalized spacial score (nSPS) is 16.0. The Balaban J connectivity index is 1.69. The Hall–Kier alpha value is -2.57. The fourth-order valence-corrected chi connectivity index (χ4v) is 4.34. The van der Waals surface area contributed by atoms with Gasteiger partial charge >= 0.3 is 0 Å². The van der Waals surface area contributed by atoms with Gasteiger partial charge in [-0.25, -0.2) is 4.98 Å². The summed E-state index contributed by atoms with van der Waals surface area (Å²) < 4.78 is 7.60. The highest BCUT2D eigenvalue weighted by molar-refractivity contribution is 6.30. The largest absolute Gasteiger partial charge is 0.496 e. The molecular formula is C23H27ClN4O2. The van der Waals surface area contributed by atoms with Gasteiger partial charge in [0.2, 0.25) is 5.91 Å². The zero-order valence-electron chi connectivity index (χ0n) is 17.4. The summed E-state index contributed by atoms with van der Waals surface area (Å²) in [4.78, 5) is 22.2. The molecule has 3 heterocycles. The fourth-order valence-electron chi connectivity index (χ4n) is 4.18. The molecule has 158 valence electrons. The summed E-state index contributed by atoms with van der Waals surface area (Å²) in [6.07, 6.45) is 4.05. The Morgan fingerprint density at radius 1 is 1.17 bits per heavy atom. The van der Waals surface area contributed by atoms with Crippen molar-refractivity contribution in [3.05, 3.63) is 65.1 Å². The molecule has 1 amide bonds. The molecule has 7 heteroatoms. The average molecular weight is 427 g/mol. The van der Waals surface area contributed by atoms with Crippen LogP contribution in [0, 0.1) is 0 Å². The molecule has 1 aromatic carbocycles. The number of imidazole rings is 1. The molecular weight excluding hydrogens is 400 g/mol. The number of amides is 1. The maximum atomic E-state index is 13.3. The third-order valence-corrected chi connectivity index (χ3v) is 6.14. The van der Waals surface area contributed by atoms with E-state index in [1.54, 1.807) is 7.11 Å². The lowest BCUT2D eigenvalue weighted by atomic mass is 9.91. The molecule has 0 spiro atoms. The molecule has 1 saturated heterocycles. The highest BCUT2D eigenvalue weighted by Gasteiger charge is 2.28. The number of likely N-dealkylation sites (N-methyl/N-ethyl adjacent to an activating group) is 1. The van der Waals surface area contributed by atoms with E-state index in [4.69, 9.17) is 16.3 Å². The Morgan fingerprint density at radius 3 is 2.67 bits per heavy atom. The van der Waals surface area contributed by atoms with E-state index < -0.39 is 0 Å². The molecule has 30 heavy (non-hydrogen) atoms. The molecule has 1 aliphatic heterocycles. The molecule has 6 nitrogen and oxygen atoms in total. The summed E-state index contributed by atoms with van der Waals surface area (Å²) in [7, 11) is 1.66. The first kappa shape index (κ1) is 20.7. The van der Waals surface area contributed by atoms with Gasteiger partial charge in [-0.2, -0.15) is 0 Å². The van der Waals surface area contributed by atoms with E-state index >= 15 is 0 Å². The van der Waals surface area contributed by atoms with E-state index in [-0.39, 0.29) is 11.8 Å². The smallest absolute Gasteiger partial charge is 0.223 e. The van der Waals surface area contributed by atoms with Crippen molar-refractivity contribution in [3.8, 4) is 5.75 Å². The number of halogens is 1. The monoisotopic (exact) mass is 426 g/mol. The number of hydrogen-bond donors (Lipinski definition) is 0. The van der Waals surface area contributed by atoms with Gasteiger partial charge < -0.3 is 18.9 Å². The Bertz CT molecular complexity index is 1030. The van der Waals surface area contributed by atoms with Crippen molar-refractivity contribution in [1.29, 1.82) is 0 Å². The number of methoxy groups -OCH3 is 1. The third kappa shape index (κ3) is 4.16. The molecule has 0 bridgehead atoms. The van der Waals surface area contributed by atoms with Crippen LogP contribution in [0.15, 0.2) is 48.8 Å². The molecule has 1 aliphatic rings. The Morgan fingerprint density at radius 2 is 1.93 bits per heavy atom. The number of fused-ring (bicyclic) bond motifs is 1. The molecule has 4 rings (SSSR count). The fraction of sp³-hybridized carbons (Fsp3) is 0.391. The minimum atomic E-state index is -0.189. The van der Waals surface area contributed by atoms with Crippen molar-refractivity contribution in [2.24, 2.45) is 0 Å². The van der Waals surface area contributed by atoms with Gasteiger partial charge in [0.25, 0.3) is 0 Å². The Labute approximate surface area is 182 Å². The first-order valence-corrected chi connectivity index (χ1v) is 10.7. The van der Waals surface area contributed by atoms with Gasteiger partial charge in [0, 0.05) is 56.5 Å². The number of rotatable bonds is 6. The van der Waals surface area contributed by atoms with Crippen molar-refractivity contribution in [3.63, 3.8) is 0 Å². The number of hydrogen-bond acceptors (Lipinski definition) is 4. The van der Waals surface area contributed by atoms with Crippen LogP contribution >= 0.6 is 11.6 Å². The van der Waals surface area contributed by atoms with Crippen LogP contribution in [0.25, 0.3) is 5.65 Å². The second-order valence-electron chi connectivity index (χ2n) is 7.57. The van der Waals surface area contributed by atoms with Crippen LogP contribution in [0.4, 0.5) is 0 Å². The molecule has 0 aliphatic carbocycles. The summed E-state index contributed by atoms with van der Waals surface area (Å²) in [6, 6.07) is 11.6. The van der Waals surface area contributed by atoms with Crippen molar-refractivity contribution in [2.45, 2.75) is 19.3 Å². The molecule has 2 aromatic heterocycles. The number of pyridine rings is 1. The van der Waals surface area contributed by atoms with Crippen molar-refractivity contribution in [2.75, 3.05) is 39.8 Å².